The summed E-state index contributed by atoms with van der Waals surface area (Å²) in [5.74, 6) is 0.942. The maximum absolute atomic E-state index is 11.6. The molecule has 2 rings (SSSR count). The van der Waals surface area contributed by atoms with E-state index in [-0.39, 0.29) is 5.92 Å². The topological polar surface area (TPSA) is 58.6 Å². The Morgan fingerprint density at radius 2 is 2.18 bits per heavy atom. The first kappa shape index (κ1) is 17.5. The van der Waals surface area contributed by atoms with Gasteiger partial charge in [-0.15, -0.1) is 0 Å². The van der Waals surface area contributed by atoms with Crippen LogP contribution in [0.2, 0.25) is 5.02 Å². The molecule has 124 valence electrons. The van der Waals surface area contributed by atoms with Crippen molar-refractivity contribution in [3.8, 4) is 5.75 Å². The highest BCUT2D eigenvalue weighted by molar-refractivity contribution is 7.88. The number of methoxy groups -OCH3 is 1. The number of nitrogens with zero attached hydrogens (tertiary/aromatic N) is 1. The van der Waals surface area contributed by atoms with Crippen LogP contribution >= 0.6 is 11.6 Å². The first-order valence-electron chi connectivity index (χ1n) is 7.32. The number of piperidine rings is 1. The van der Waals surface area contributed by atoms with Gasteiger partial charge in [-0.1, -0.05) is 24.6 Å². The predicted molar refractivity (Wildman–Crippen MR) is 88.8 cm³/mol. The van der Waals surface area contributed by atoms with E-state index in [0.29, 0.717) is 36.4 Å². The van der Waals surface area contributed by atoms with Crippen LogP contribution in [0.25, 0.3) is 0 Å². The average molecular weight is 347 g/mol. The molecule has 1 fully saturated rings. The van der Waals surface area contributed by atoms with Crippen molar-refractivity contribution in [3.05, 3.63) is 28.8 Å². The van der Waals surface area contributed by atoms with Gasteiger partial charge in [-0.05, 0) is 30.0 Å². The average Bonchev–Trinajstić information content (AvgIpc) is 2.45. The summed E-state index contributed by atoms with van der Waals surface area (Å²) in [7, 11) is -1.49. The number of sulfonamides is 1. The van der Waals surface area contributed by atoms with E-state index in [0.717, 1.165) is 12.0 Å². The Hall–Kier alpha value is -0.820. The van der Waals surface area contributed by atoms with E-state index in [4.69, 9.17) is 16.3 Å². The minimum absolute atomic E-state index is 0.275. The SMILES string of the molecule is COc1ccc(CN[C@H]2CCN(S(C)(=O)=O)C[C@@H]2C)cc1Cl. The van der Waals surface area contributed by atoms with E-state index >= 15 is 0 Å². The molecule has 0 aliphatic carbocycles. The lowest BCUT2D eigenvalue weighted by molar-refractivity contribution is 0.220. The van der Waals surface area contributed by atoms with Gasteiger partial charge in [0, 0.05) is 25.7 Å². The molecule has 1 heterocycles. The molecular weight excluding hydrogens is 324 g/mol. The van der Waals surface area contributed by atoms with Crippen molar-refractivity contribution >= 4 is 21.6 Å². The van der Waals surface area contributed by atoms with Crippen LogP contribution < -0.4 is 10.1 Å². The van der Waals surface area contributed by atoms with Gasteiger partial charge in [0.15, 0.2) is 0 Å². The quantitative estimate of drug-likeness (QED) is 0.887. The Labute approximate surface area is 137 Å². The summed E-state index contributed by atoms with van der Waals surface area (Å²) in [5, 5.41) is 4.10. The van der Waals surface area contributed by atoms with Crippen LogP contribution in [-0.4, -0.2) is 45.2 Å². The molecule has 5 nitrogen and oxygen atoms in total. The van der Waals surface area contributed by atoms with Crippen molar-refractivity contribution in [2.45, 2.75) is 25.9 Å². The Balaban J connectivity index is 1.91. The lowest BCUT2D eigenvalue weighted by Crippen LogP contribution is -2.49. The second kappa shape index (κ2) is 7.17. The molecule has 7 heteroatoms. The van der Waals surface area contributed by atoms with E-state index in [2.05, 4.69) is 12.2 Å². The fraction of sp³-hybridized carbons (Fsp3) is 0.600. The largest absolute Gasteiger partial charge is 0.495 e. The van der Waals surface area contributed by atoms with E-state index in [1.807, 2.05) is 18.2 Å². The zero-order chi connectivity index (χ0) is 16.3. The highest BCUT2D eigenvalue weighted by atomic mass is 35.5. The molecule has 0 aromatic heterocycles. The van der Waals surface area contributed by atoms with Crippen LogP contribution in [0.4, 0.5) is 0 Å². The molecule has 1 aliphatic heterocycles. The molecular formula is C15H23ClN2O3S. The molecule has 2 atom stereocenters. The van der Waals surface area contributed by atoms with Crippen molar-refractivity contribution < 1.29 is 13.2 Å². The molecule has 1 saturated heterocycles. The molecule has 0 amide bonds. The second-order valence-corrected chi connectivity index (χ2v) is 8.23. The zero-order valence-corrected chi connectivity index (χ0v) is 14.7. The van der Waals surface area contributed by atoms with Crippen LogP contribution in [0.1, 0.15) is 18.9 Å². The van der Waals surface area contributed by atoms with Gasteiger partial charge in [0.1, 0.15) is 5.75 Å². The van der Waals surface area contributed by atoms with Crippen LogP contribution in [0.15, 0.2) is 18.2 Å². The highest BCUT2D eigenvalue weighted by Gasteiger charge is 2.29. The number of ether oxygens (including phenoxy) is 1. The number of benzene rings is 1. The highest BCUT2D eigenvalue weighted by Crippen LogP contribution is 2.25. The summed E-state index contributed by atoms with van der Waals surface area (Å²) >= 11 is 6.12. The minimum atomic E-state index is -3.09. The van der Waals surface area contributed by atoms with Gasteiger partial charge in [-0.3, -0.25) is 0 Å². The number of rotatable bonds is 5. The predicted octanol–water partition coefficient (Wildman–Crippen LogP) is 2.11. The van der Waals surface area contributed by atoms with E-state index in [1.165, 1.54) is 6.26 Å². The van der Waals surface area contributed by atoms with Crippen LogP contribution in [0.3, 0.4) is 0 Å². The molecule has 1 N–H and O–H groups in total. The fourth-order valence-corrected chi connectivity index (χ4v) is 4.00. The molecule has 0 unspecified atom stereocenters. The fourth-order valence-electron chi connectivity index (χ4n) is 2.78. The molecule has 0 radical (unpaired) electrons. The summed E-state index contributed by atoms with van der Waals surface area (Å²) < 4.78 is 29.9. The molecule has 1 aromatic rings. The molecule has 0 saturated carbocycles. The lowest BCUT2D eigenvalue weighted by atomic mass is 9.95. The first-order valence-corrected chi connectivity index (χ1v) is 9.55. The third-order valence-corrected chi connectivity index (χ3v) is 5.69. The summed E-state index contributed by atoms with van der Waals surface area (Å²) in [4.78, 5) is 0. The minimum Gasteiger partial charge on any atom is -0.495 e. The van der Waals surface area contributed by atoms with Gasteiger partial charge in [-0.2, -0.15) is 0 Å². The normalized spacial score (nSPS) is 23.5. The van der Waals surface area contributed by atoms with E-state index in [9.17, 15) is 8.42 Å². The van der Waals surface area contributed by atoms with Crippen molar-refractivity contribution in [2.75, 3.05) is 26.5 Å². The van der Waals surface area contributed by atoms with Gasteiger partial charge in [0.25, 0.3) is 0 Å². The standard InChI is InChI=1S/C15H23ClN2O3S/c1-11-10-18(22(3,19)20)7-6-14(11)17-9-12-4-5-15(21-2)13(16)8-12/h4-5,8,11,14,17H,6-7,9-10H2,1-3H3/t11-,14-/m0/s1. The molecule has 0 bridgehead atoms. The van der Waals surface area contributed by atoms with Crippen LogP contribution in [0.5, 0.6) is 5.75 Å². The first-order chi connectivity index (χ1) is 10.3. The van der Waals surface area contributed by atoms with Crippen molar-refractivity contribution in [3.63, 3.8) is 0 Å². The summed E-state index contributed by atoms with van der Waals surface area (Å²) in [5.41, 5.74) is 1.09. The Bertz CT molecular complexity index is 621. The van der Waals surface area contributed by atoms with Crippen LogP contribution in [0, 0.1) is 5.92 Å². The second-order valence-electron chi connectivity index (χ2n) is 5.84. The molecule has 22 heavy (non-hydrogen) atoms. The maximum atomic E-state index is 11.6. The van der Waals surface area contributed by atoms with Gasteiger partial charge >= 0.3 is 0 Å². The molecule has 1 aliphatic rings. The Morgan fingerprint density at radius 3 is 2.73 bits per heavy atom. The Kier molecular flexibility index (Phi) is 5.71. The summed E-state index contributed by atoms with van der Waals surface area (Å²) in [6.45, 7) is 3.93. The number of halogens is 1. The maximum Gasteiger partial charge on any atom is 0.211 e. The lowest BCUT2D eigenvalue weighted by Gasteiger charge is -2.36. The van der Waals surface area contributed by atoms with Crippen LogP contribution in [-0.2, 0) is 16.6 Å². The van der Waals surface area contributed by atoms with Crippen molar-refractivity contribution in [1.82, 2.24) is 9.62 Å². The van der Waals surface area contributed by atoms with Gasteiger partial charge in [0.05, 0.1) is 18.4 Å². The van der Waals surface area contributed by atoms with Gasteiger partial charge in [-0.25, -0.2) is 12.7 Å². The number of nitrogens with one attached hydrogen (secondary N) is 1. The Morgan fingerprint density at radius 1 is 1.45 bits per heavy atom. The smallest absolute Gasteiger partial charge is 0.211 e. The summed E-state index contributed by atoms with van der Waals surface area (Å²) in [6, 6.07) is 6.03. The third kappa shape index (κ3) is 4.35. The zero-order valence-electron chi connectivity index (χ0n) is 13.2. The molecule has 1 aromatic carbocycles. The van der Waals surface area contributed by atoms with E-state index in [1.54, 1.807) is 11.4 Å². The van der Waals surface area contributed by atoms with Gasteiger partial charge in [0.2, 0.25) is 10.0 Å². The van der Waals surface area contributed by atoms with Crippen molar-refractivity contribution in [2.24, 2.45) is 5.92 Å². The monoisotopic (exact) mass is 346 g/mol. The van der Waals surface area contributed by atoms with Gasteiger partial charge < -0.3 is 10.1 Å². The molecule has 0 spiro atoms. The summed E-state index contributed by atoms with van der Waals surface area (Å²) in [6.07, 6.45) is 2.09. The third-order valence-electron chi connectivity index (χ3n) is 4.12. The van der Waals surface area contributed by atoms with Crippen molar-refractivity contribution in [1.29, 1.82) is 0 Å². The number of hydrogen-bond acceptors (Lipinski definition) is 4. The van der Waals surface area contributed by atoms with E-state index < -0.39 is 10.0 Å². The number of hydrogen-bond donors (Lipinski definition) is 1.